The van der Waals surface area contributed by atoms with Gasteiger partial charge in [-0.1, -0.05) is 26.0 Å². The highest BCUT2D eigenvalue weighted by molar-refractivity contribution is 6.07. The number of nitrogens with two attached hydrogens (primary N) is 1. The van der Waals surface area contributed by atoms with Crippen molar-refractivity contribution < 1.29 is 23.5 Å². The molecule has 0 spiro atoms. The van der Waals surface area contributed by atoms with Gasteiger partial charge in [-0.3, -0.25) is 14.4 Å². The Morgan fingerprint density at radius 2 is 1.94 bits per heavy atom. The van der Waals surface area contributed by atoms with Crippen LogP contribution in [0.15, 0.2) is 42.5 Å². The van der Waals surface area contributed by atoms with Crippen molar-refractivity contribution in [3.8, 4) is 0 Å². The van der Waals surface area contributed by atoms with Crippen LogP contribution in [-0.2, 0) is 14.3 Å². The number of rotatable bonds is 7. The summed E-state index contributed by atoms with van der Waals surface area (Å²) in [5, 5.41) is 5.64. The Morgan fingerprint density at radius 3 is 2.58 bits per heavy atom. The van der Waals surface area contributed by atoms with E-state index in [1.165, 1.54) is 30.2 Å². The van der Waals surface area contributed by atoms with Crippen molar-refractivity contribution >= 4 is 29.1 Å². The lowest BCUT2D eigenvalue weighted by Crippen LogP contribution is -2.38. The summed E-state index contributed by atoms with van der Waals surface area (Å²) >= 11 is 0. The molecule has 0 saturated heterocycles. The van der Waals surface area contributed by atoms with Gasteiger partial charge in [0.15, 0.2) is 0 Å². The molecule has 4 N–H and O–H groups in total. The number of carbonyl (C=O) groups excluding carboxylic acids is 3. The van der Waals surface area contributed by atoms with Crippen LogP contribution < -0.4 is 21.3 Å². The second-order valence-corrected chi connectivity index (χ2v) is 8.80. The Balaban J connectivity index is 1.99. The van der Waals surface area contributed by atoms with Crippen LogP contribution in [0.4, 0.5) is 15.8 Å². The lowest BCUT2D eigenvalue weighted by Gasteiger charge is -2.30. The highest BCUT2D eigenvalue weighted by atomic mass is 19.1. The van der Waals surface area contributed by atoms with Crippen molar-refractivity contribution in [1.29, 1.82) is 0 Å². The van der Waals surface area contributed by atoms with Crippen LogP contribution in [0.1, 0.15) is 42.2 Å². The number of nitrogens with zero attached hydrogens (tertiary/aromatic N) is 1. The number of hydrogen-bond donors (Lipinski definition) is 3. The lowest BCUT2D eigenvalue weighted by atomic mass is 9.94. The monoisotopic (exact) mass is 456 g/mol. The number of anilines is 2. The van der Waals surface area contributed by atoms with Crippen LogP contribution in [0.25, 0.3) is 0 Å². The molecule has 2 aromatic carbocycles. The van der Waals surface area contributed by atoms with E-state index in [1.807, 2.05) is 13.8 Å². The standard InChI is InChI=1S/C24H29FN4O4/c1-24(2,13-26)14-27-23(32)16-6-9-19-18(10-16)28-21(30)11-20(29(19)22(31)12-33-3)15-4-7-17(25)8-5-15/h4-10,20H,11-14,26H2,1-3H3,(H,27,32)(H,28,30). The summed E-state index contributed by atoms with van der Waals surface area (Å²) in [6.45, 7) is 4.48. The summed E-state index contributed by atoms with van der Waals surface area (Å²) in [5.41, 5.74) is 7.16. The molecule has 8 nitrogen and oxygen atoms in total. The zero-order valence-electron chi connectivity index (χ0n) is 19.0. The van der Waals surface area contributed by atoms with Crippen LogP contribution in [0, 0.1) is 11.2 Å². The predicted octanol–water partition coefficient (Wildman–Crippen LogP) is 2.60. The van der Waals surface area contributed by atoms with E-state index in [4.69, 9.17) is 10.5 Å². The molecule has 0 aliphatic carbocycles. The predicted molar refractivity (Wildman–Crippen MR) is 123 cm³/mol. The Bertz CT molecular complexity index is 1040. The number of carbonyl (C=O) groups is 3. The maximum Gasteiger partial charge on any atom is 0.253 e. The van der Waals surface area contributed by atoms with Crippen molar-refractivity contribution in [2.24, 2.45) is 11.1 Å². The Labute approximate surface area is 192 Å². The first kappa shape index (κ1) is 24.3. The average molecular weight is 457 g/mol. The largest absolute Gasteiger partial charge is 0.375 e. The van der Waals surface area contributed by atoms with Crippen LogP contribution in [0.3, 0.4) is 0 Å². The first-order chi connectivity index (χ1) is 15.6. The average Bonchev–Trinajstić information content (AvgIpc) is 2.93. The first-order valence-electron chi connectivity index (χ1n) is 10.6. The van der Waals surface area contributed by atoms with Gasteiger partial charge in [0.25, 0.3) is 11.8 Å². The quantitative estimate of drug-likeness (QED) is 0.593. The number of benzene rings is 2. The summed E-state index contributed by atoms with van der Waals surface area (Å²) in [5.74, 6) is -1.44. The van der Waals surface area contributed by atoms with Gasteiger partial charge in [-0.05, 0) is 47.9 Å². The van der Waals surface area contributed by atoms with Crippen molar-refractivity contribution in [2.75, 3.05) is 37.0 Å². The summed E-state index contributed by atoms with van der Waals surface area (Å²) in [6, 6.07) is 9.75. The molecule has 1 aliphatic heterocycles. The summed E-state index contributed by atoms with van der Waals surface area (Å²) < 4.78 is 18.5. The number of halogens is 1. The third-order valence-electron chi connectivity index (χ3n) is 5.55. The topological polar surface area (TPSA) is 114 Å². The maximum atomic E-state index is 13.5. The van der Waals surface area contributed by atoms with Crippen LogP contribution in [-0.4, -0.2) is 44.5 Å². The molecular weight excluding hydrogens is 427 g/mol. The Kier molecular flexibility index (Phi) is 7.45. The minimum atomic E-state index is -0.667. The zero-order chi connectivity index (χ0) is 24.2. The minimum absolute atomic E-state index is 0.0397. The van der Waals surface area contributed by atoms with E-state index in [0.29, 0.717) is 35.6 Å². The van der Waals surface area contributed by atoms with E-state index in [-0.39, 0.29) is 36.2 Å². The van der Waals surface area contributed by atoms with Crippen molar-refractivity contribution in [3.63, 3.8) is 0 Å². The van der Waals surface area contributed by atoms with Gasteiger partial charge in [-0.15, -0.1) is 0 Å². The summed E-state index contributed by atoms with van der Waals surface area (Å²) in [6.07, 6.45) is -0.0397. The van der Waals surface area contributed by atoms with E-state index >= 15 is 0 Å². The molecule has 0 saturated carbocycles. The van der Waals surface area contributed by atoms with E-state index in [9.17, 15) is 18.8 Å². The molecule has 1 atom stereocenters. The molecule has 176 valence electrons. The van der Waals surface area contributed by atoms with Crippen LogP contribution in [0.2, 0.25) is 0 Å². The van der Waals surface area contributed by atoms with Gasteiger partial charge >= 0.3 is 0 Å². The molecule has 1 aliphatic rings. The van der Waals surface area contributed by atoms with E-state index < -0.39 is 11.9 Å². The molecule has 3 rings (SSSR count). The molecule has 9 heteroatoms. The van der Waals surface area contributed by atoms with Gasteiger partial charge in [0.1, 0.15) is 12.4 Å². The zero-order valence-corrected chi connectivity index (χ0v) is 19.0. The third-order valence-corrected chi connectivity index (χ3v) is 5.55. The molecule has 0 fully saturated rings. The van der Waals surface area contributed by atoms with Crippen LogP contribution in [0.5, 0.6) is 0 Å². The SMILES string of the molecule is COCC(=O)N1c2ccc(C(=O)NCC(C)(C)CN)cc2NC(=O)CC1c1ccc(F)cc1. The highest BCUT2D eigenvalue weighted by Gasteiger charge is 2.34. The Hall–Kier alpha value is -3.30. The smallest absolute Gasteiger partial charge is 0.253 e. The lowest BCUT2D eigenvalue weighted by molar-refractivity contribution is -0.122. The van der Waals surface area contributed by atoms with Gasteiger partial charge in [0.2, 0.25) is 5.91 Å². The number of methoxy groups -OCH3 is 1. The van der Waals surface area contributed by atoms with Gasteiger partial charge < -0.3 is 26.0 Å². The van der Waals surface area contributed by atoms with Crippen molar-refractivity contribution in [3.05, 3.63) is 59.4 Å². The Morgan fingerprint density at radius 1 is 1.24 bits per heavy atom. The first-order valence-corrected chi connectivity index (χ1v) is 10.6. The molecule has 0 aromatic heterocycles. The second-order valence-electron chi connectivity index (χ2n) is 8.80. The number of fused-ring (bicyclic) bond motifs is 1. The summed E-state index contributed by atoms with van der Waals surface area (Å²) in [7, 11) is 1.41. The van der Waals surface area contributed by atoms with E-state index in [0.717, 1.165) is 0 Å². The van der Waals surface area contributed by atoms with E-state index in [2.05, 4.69) is 10.6 Å². The fraction of sp³-hybridized carbons (Fsp3) is 0.375. The number of amides is 3. The number of ether oxygens (including phenoxy) is 1. The molecule has 1 heterocycles. The molecular formula is C24H29FN4O4. The van der Waals surface area contributed by atoms with Crippen molar-refractivity contribution in [1.82, 2.24) is 5.32 Å². The summed E-state index contributed by atoms with van der Waals surface area (Å²) in [4.78, 5) is 39.9. The minimum Gasteiger partial charge on any atom is -0.375 e. The van der Waals surface area contributed by atoms with Crippen LogP contribution >= 0.6 is 0 Å². The highest BCUT2D eigenvalue weighted by Crippen LogP contribution is 2.38. The maximum absolute atomic E-state index is 13.5. The fourth-order valence-corrected chi connectivity index (χ4v) is 3.57. The molecule has 33 heavy (non-hydrogen) atoms. The van der Waals surface area contributed by atoms with E-state index in [1.54, 1.807) is 24.3 Å². The normalized spacial score (nSPS) is 16.0. The van der Waals surface area contributed by atoms with Gasteiger partial charge in [0, 0.05) is 19.2 Å². The van der Waals surface area contributed by atoms with Gasteiger partial charge in [-0.2, -0.15) is 0 Å². The fourth-order valence-electron chi connectivity index (χ4n) is 3.57. The number of nitrogens with one attached hydrogen (secondary N) is 2. The molecule has 0 radical (unpaired) electrons. The van der Waals surface area contributed by atoms with Gasteiger partial charge in [-0.25, -0.2) is 4.39 Å². The number of hydrogen-bond acceptors (Lipinski definition) is 5. The third kappa shape index (κ3) is 5.74. The molecule has 2 aromatic rings. The second kappa shape index (κ2) is 10.1. The molecule has 3 amide bonds. The molecule has 0 bridgehead atoms. The van der Waals surface area contributed by atoms with Crippen molar-refractivity contribution in [2.45, 2.75) is 26.3 Å². The van der Waals surface area contributed by atoms with Gasteiger partial charge in [0.05, 0.1) is 23.8 Å². The molecule has 1 unspecified atom stereocenters.